The fourth-order valence-electron chi connectivity index (χ4n) is 7.08. The van der Waals surface area contributed by atoms with E-state index in [1.807, 2.05) is 0 Å². The molecule has 0 spiro atoms. The fourth-order valence-corrected chi connectivity index (χ4v) is 7.08. The van der Waals surface area contributed by atoms with Gasteiger partial charge in [0.1, 0.15) is 0 Å². The van der Waals surface area contributed by atoms with E-state index in [0.29, 0.717) is 0 Å². The first-order valence-electron chi connectivity index (χ1n) is 18.5. The molecule has 0 saturated heterocycles. The molecule has 0 atom stereocenters. The molecule has 0 heterocycles. The number of nitrogens with zero attached hydrogens (tertiary/aromatic N) is 3. The summed E-state index contributed by atoms with van der Waals surface area (Å²) in [7, 11) is 0. The van der Waals surface area contributed by atoms with Gasteiger partial charge in [-0.05, 0) is 152 Å². The van der Waals surface area contributed by atoms with Crippen molar-refractivity contribution in [3.8, 4) is 11.1 Å². The Morgan fingerprint density at radius 1 is 0.222 bits per heavy atom. The van der Waals surface area contributed by atoms with E-state index >= 15 is 0 Å². The van der Waals surface area contributed by atoms with Crippen LogP contribution in [0.1, 0.15) is 16.7 Å². The van der Waals surface area contributed by atoms with Gasteiger partial charge in [0.2, 0.25) is 0 Å². The van der Waals surface area contributed by atoms with Crippen LogP contribution in [0.5, 0.6) is 0 Å². The van der Waals surface area contributed by atoms with E-state index in [0.717, 1.165) is 51.2 Å². The maximum atomic E-state index is 2.33. The van der Waals surface area contributed by atoms with Crippen LogP contribution in [0, 0.1) is 20.8 Å². The third-order valence-electron chi connectivity index (χ3n) is 9.79. The standard InChI is InChI=1S/C51H43N3/c1-38-20-26-45(27-21-38)52(43-14-6-4-7-15-43)46-28-22-41(23-29-46)42-24-30-47(31-25-42)53(44-16-8-5-9-17-44)48-32-34-49(35-33-48)54(50-18-10-12-39(2)36-50)51-19-11-13-40(3)37-51/h4-37H,1-3H3. The summed E-state index contributed by atoms with van der Waals surface area (Å²) in [6.45, 7) is 6.41. The zero-order chi connectivity index (χ0) is 36.9. The van der Waals surface area contributed by atoms with E-state index in [-0.39, 0.29) is 0 Å². The molecule has 0 aliphatic rings. The highest BCUT2D eigenvalue weighted by Crippen LogP contribution is 2.40. The van der Waals surface area contributed by atoms with Crippen molar-refractivity contribution < 1.29 is 0 Å². The summed E-state index contributed by atoms with van der Waals surface area (Å²) in [6, 6.07) is 73.9. The lowest BCUT2D eigenvalue weighted by atomic mass is 10.0. The summed E-state index contributed by atoms with van der Waals surface area (Å²) in [5, 5.41) is 0. The van der Waals surface area contributed by atoms with Crippen molar-refractivity contribution in [1.82, 2.24) is 0 Å². The summed E-state index contributed by atoms with van der Waals surface area (Å²) in [6.07, 6.45) is 0. The number of benzene rings is 8. The smallest absolute Gasteiger partial charge is 0.0464 e. The van der Waals surface area contributed by atoms with E-state index in [9.17, 15) is 0 Å². The maximum absolute atomic E-state index is 2.33. The van der Waals surface area contributed by atoms with Crippen LogP contribution >= 0.6 is 0 Å². The second-order valence-electron chi connectivity index (χ2n) is 13.8. The van der Waals surface area contributed by atoms with Crippen molar-refractivity contribution in [2.75, 3.05) is 14.7 Å². The van der Waals surface area contributed by atoms with Crippen LogP contribution in [-0.4, -0.2) is 0 Å². The molecule has 3 heteroatoms. The topological polar surface area (TPSA) is 9.72 Å². The normalized spacial score (nSPS) is 10.9. The molecule has 0 fully saturated rings. The molecular formula is C51H43N3. The van der Waals surface area contributed by atoms with E-state index in [1.54, 1.807) is 0 Å². The Kier molecular flexibility index (Phi) is 9.78. The Morgan fingerprint density at radius 3 is 0.852 bits per heavy atom. The van der Waals surface area contributed by atoms with Gasteiger partial charge in [-0.1, -0.05) is 103 Å². The third-order valence-corrected chi connectivity index (χ3v) is 9.79. The molecule has 0 unspecified atom stereocenters. The molecule has 0 aliphatic carbocycles. The molecule has 262 valence electrons. The van der Waals surface area contributed by atoms with Crippen molar-refractivity contribution in [2.45, 2.75) is 20.8 Å². The Morgan fingerprint density at radius 2 is 0.500 bits per heavy atom. The van der Waals surface area contributed by atoms with Gasteiger partial charge in [0.25, 0.3) is 0 Å². The minimum absolute atomic E-state index is 1.09. The lowest BCUT2D eigenvalue weighted by Gasteiger charge is -2.28. The molecule has 0 aromatic heterocycles. The van der Waals surface area contributed by atoms with Gasteiger partial charge in [-0.2, -0.15) is 0 Å². The monoisotopic (exact) mass is 697 g/mol. The Hall–Kier alpha value is -6.84. The molecule has 8 aromatic rings. The number of para-hydroxylation sites is 2. The lowest BCUT2D eigenvalue weighted by Crippen LogP contribution is -2.12. The molecule has 8 aromatic carbocycles. The summed E-state index contributed by atoms with van der Waals surface area (Å²) < 4.78 is 0. The highest BCUT2D eigenvalue weighted by atomic mass is 15.2. The number of anilines is 9. The highest BCUT2D eigenvalue weighted by molar-refractivity contribution is 5.83. The van der Waals surface area contributed by atoms with Crippen molar-refractivity contribution in [1.29, 1.82) is 0 Å². The van der Waals surface area contributed by atoms with Crippen LogP contribution in [0.15, 0.2) is 206 Å². The van der Waals surface area contributed by atoms with Crippen molar-refractivity contribution in [3.63, 3.8) is 0 Å². The number of aryl methyl sites for hydroxylation is 3. The van der Waals surface area contributed by atoms with Gasteiger partial charge in [-0.3, -0.25) is 0 Å². The van der Waals surface area contributed by atoms with E-state index in [2.05, 4.69) is 242 Å². The fraction of sp³-hybridized carbons (Fsp3) is 0.0588. The van der Waals surface area contributed by atoms with Crippen LogP contribution in [0.2, 0.25) is 0 Å². The Balaban J connectivity index is 1.10. The summed E-state index contributed by atoms with van der Waals surface area (Å²) >= 11 is 0. The first kappa shape index (κ1) is 34.3. The van der Waals surface area contributed by atoms with E-state index in [4.69, 9.17) is 0 Å². The maximum Gasteiger partial charge on any atom is 0.0464 e. The molecular weight excluding hydrogens is 655 g/mol. The largest absolute Gasteiger partial charge is 0.311 e. The minimum Gasteiger partial charge on any atom is -0.311 e. The number of hydrogen-bond acceptors (Lipinski definition) is 3. The lowest BCUT2D eigenvalue weighted by molar-refractivity contribution is 1.24. The molecule has 54 heavy (non-hydrogen) atoms. The molecule has 8 rings (SSSR count). The van der Waals surface area contributed by atoms with Gasteiger partial charge in [0.05, 0.1) is 0 Å². The van der Waals surface area contributed by atoms with Crippen LogP contribution < -0.4 is 14.7 Å². The van der Waals surface area contributed by atoms with Crippen molar-refractivity contribution >= 4 is 51.2 Å². The quantitative estimate of drug-likeness (QED) is 0.141. The predicted octanol–water partition coefficient (Wildman–Crippen LogP) is 14.7. The van der Waals surface area contributed by atoms with Gasteiger partial charge in [0, 0.05) is 51.2 Å². The molecule has 0 amide bonds. The van der Waals surface area contributed by atoms with Crippen LogP contribution in [0.3, 0.4) is 0 Å². The summed E-state index contributed by atoms with van der Waals surface area (Å²) in [5.41, 5.74) is 16.1. The molecule has 0 radical (unpaired) electrons. The second kappa shape index (κ2) is 15.4. The minimum atomic E-state index is 1.09. The highest BCUT2D eigenvalue weighted by Gasteiger charge is 2.17. The molecule has 3 nitrogen and oxygen atoms in total. The summed E-state index contributed by atoms with van der Waals surface area (Å²) in [4.78, 5) is 6.95. The van der Waals surface area contributed by atoms with Crippen molar-refractivity contribution in [3.05, 3.63) is 223 Å². The Labute approximate surface area is 319 Å². The van der Waals surface area contributed by atoms with Crippen molar-refractivity contribution in [2.24, 2.45) is 0 Å². The van der Waals surface area contributed by atoms with E-state index in [1.165, 1.54) is 27.8 Å². The molecule has 0 bridgehead atoms. The predicted molar refractivity (Wildman–Crippen MR) is 230 cm³/mol. The summed E-state index contributed by atoms with van der Waals surface area (Å²) in [5.74, 6) is 0. The van der Waals surface area contributed by atoms with Gasteiger partial charge < -0.3 is 14.7 Å². The van der Waals surface area contributed by atoms with Crippen LogP contribution in [-0.2, 0) is 0 Å². The van der Waals surface area contributed by atoms with Gasteiger partial charge >= 0.3 is 0 Å². The van der Waals surface area contributed by atoms with Gasteiger partial charge in [-0.15, -0.1) is 0 Å². The zero-order valence-corrected chi connectivity index (χ0v) is 31.0. The molecule has 0 N–H and O–H groups in total. The van der Waals surface area contributed by atoms with Gasteiger partial charge in [0.15, 0.2) is 0 Å². The average Bonchev–Trinajstić information content (AvgIpc) is 3.21. The first-order valence-corrected chi connectivity index (χ1v) is 18.5. The number of rotatable bonds is 10. The zero-order valence-electron chi connectivity index (χ0n) is 31.0. The molecule has 0 aliphatic heterocycles. The second-order valence-corrected chi connectivity index (χ2v) is 13.8. The van der Waals surface area contributed by atoms with E-state index < -0.39 is 0 Å². The SMILES string of the molecule is Cc1ccc(N(c2ccccc2)c2ccc(-c3ccc(N(c4ccccc4)c4ccc(N(c5cccc(C)c5)c5cccc(C)c5)cc4)cc3)cc2)cc1. The first-order chi connectivity index (χ1) is 26.5. The van der Waals surface area contributed by atoms with Crippen LogP contribution in [0.4, 0.5) is 51.2 Å². The number of hydrogen-bond donors (Lipinski definition) is 0. The van der Waals surface area contributed by atoms with Gasteiger partial charge in [-0.25, -0.2) is 0 Å². The Bertz CT molecular complexity index is 2390. The average molecular weight is 698 g/mol. The third kappa shape index (κ3) is 7.39. The molecule has 0 saturated carbocycles. The van der Waals surface area contributed by atoms with Crippen LogP contribution in [0.25, 0.3) is 11.1 Å².